The van der Waals surface area contributed by atoms with E-state index in [1.54, 1.807) is 26.5 Å². The smallest absolute Gasteiger partial charge is 0.411 e. The molecule has 35 heavy (non-hydrogen) atoms. The van der Waals surface area contributed by atoms with Gasteiger partial charge in [-0.15, -0.1) is 0 Å². The van der Waals surface area contributed by atoms with E-state index in [9.17, 15) is 4.79 Å². The van der Waals surface area contributed by atoms with Gasteiger partial charge in [-0.2, -0.15) is 0 Å². The third-order valence-electron chi connectivity index (χ3n) is 5.93. The van der Waals surface area contributed by atoms with Gasteiger partial charge in [0.2, 0.25) is 0 Å². The minimum absolute atomic E-state index is 0.328. The van der Waals surface area contributed by atoms with E-state index in [1.165, 1.54) is 0 Å². The number of nitrogens with one attached hydrogen (secondary N) is 1. The lowest BCUT2D eigenvalue weighted by atomic mass is 10.1. The molecule has 9 nitrogen and oxygen atoms in total. The SMILES string of the molecule is COc1cc2nccc(Oc3cc(C)c(NC(=O)OCCN4CCOCC4)cc3C)c2cc1OC. The largest absolute Gasteiger partial charge is 0.493 e. The fourth-order valence-electron chi connectivity index (χ4n) is 3.93. The van der Waals surface area contributed by atoms with Crippen molar-refractivity contribution in [2.75, 3.05) is 59.0 Å². The van der Waals surface area contributed by atoms with Crippen LogP contribution in [0.4, 0.5) is 10.5 Å². The summed E-state index contributed by atoms with van der Waals surface area (Å²) in [6.45, 7) is 8.01. The molecule has 0 saturated carbocycles. The van der Waals surface area contributed by atoms with Crippen molar-refractivity contribution >= 4 is 22.7 Å². The van der Waals surface area contributed by atoms with Crippen molar-refractivity contribution in [1.29, 1.82) is 0 Å². The summed E-state index contributed by atoms with van der Waals surface area (Å²) in [6.07, 6.45) is 1.21. The third kappa shape index (κ3) is 5.93. The van der Waals surface area contributed by atoms with Crippen LogP contribution in [-0.4, -0.2) is 69.7 Å². The van der Waals surface area contributed by atoms with E-state index >= 15 is 0 Å². The van der Waals surface area contributed by atoms with E-state index in [-0.39, 0.29) is 0 Å². The molecule has 1 amide bonds. The summed E-state index contributed by atoms with van der Waals surface area (Å²) in [5.41, 5.74) is 3.13. The first-order chi connectivity index (χ1) is 17.0. The predicted octanol–water partition coefficient (Wildman–Crippen LogP) is 4.54. The second-order valence-electron chi connectivity index (χ2n) is 8.28. The van der Waals surface area contributed by atoms with Crippen LogP contribution in [0.3, 0.4) is 0 Å². The normalized spacial score (nSPS) is 13.9. The van der Waals surface area contributed by atoms with Crippen LogP contribution in [0.15, 0.2) is 36.5 Å². The molecule has 1 aromatic heterocycles. The molecule has 9 heteroatoms. The molecule has 0 unspecified atom stereocenters. The summed E-state index contributed by atoms with van der Waals surface area (Å²) in [5, 5.41) is 3.64. The molecule has 1 saturated heterocycles. The van der Waals surface area contributed by atoms with Crippen molar-refractivity contribution in [3.8, 4) is 23.0 Å². The highest BCUT2D eigenvalue weighted by Gasteiger charge is 2.15. The van der Waals surface area contributed by atoms with Gasteiger partial charge >= 0.3 is 6.09 Å². The molecule has 1 N–H and O–H groups in total. The zero-order valence-corrected chi connectivity index (χ0v) is 20.6. The van der Waals surface area contributed by atoms with Crippen LogP contribution in [0.5, 0.6) is 23.0 Å². The van der Waals surface area contributed by atoms with Gasteiger partial charge in [0.05, 0.1) is 33.0 Å². The molecule has 0 bridgehead atoms. The number of carbonyl (C=O) groups is 1. The van der Waals surface area contributed by atoms with E-state index in [4.69, 9.17) is 23.7 Å². The van der Waals surface area contributed by atoms with Crippen LogP contribution in [0.25, 0.3) is 10.9 Å². The maximum absolute atomic E-state index is 12.3. The number of fused-ring (bicyclic) bond motifs is 1. The number of hydrogen-bond donors (Lipinski definition) is 1. The highest BCUT2D eigenvalue weighted by atomic mass is 16.5. The van der Waals surface area contributed by atoms with Gasteiger partial charge in [0.15, 0.2) is 11.5 Å². The van der Waals surface area contributed by atoms with Gasteiger partial charge in [0.25, 0.3) is 0 Å². The Hall–Kier alpha value is -3.56. The van der Waals surface area contributed by atoms with Crippen molar-refractivity contribution in [2.24, 2.45) is 0 Å². The van der Waals surface area contributed by atoms with E-state index in [1.807, 2.05) is 38.1 Å². The average molecular weight is 482 g/mol. The Balaban J connectivity index is 1.45. The maximum atomic E-state index is 12.3. The number of carbonyl (C=O) groups excluding carboxylic acids is 1. The van der Waals surface area contributed by atoms with Crippen molar-refractivity contribution in [1.82, 2.24) is 9.88 Å². The van der Waals surface area contributed by atoms with Crippen molar-refractivity contribution in [3.63, 3.8) is 0 Å². The molecule has 0 spiro atoms. The number of amides is 1. The number of pyridine rings is 1. The van der Waals surface area contributed by atoms with Gasteiger partial charge in [-0.05, 0) is 49.2 Å². The topological polar surface area (TPSA) is 91.4 Å². The Bertz CT molecular complexity index is 1190. The molecule has 2 aromatic carbocycles. The minimum atomic E-state index is -0.476. The van der Waals surface area contributed by atoms with Gasteiger partial charge in [0.1, 0.15) is 18.1 Å². The molecule has 186 valence electrons. The van der Waals surface area contributed by atoms with Gasteiger partial charge in [-0.3, -0.25) is 15.2 Å². The van der Waals surface area contributed by atoms with Crippen molar-refractivity contribution in [3.05, 3.63) is 47.7 Å². The third-order valence-corrected chi connectivity index (χ3v) is 5.93. The molecule has 1 fully saturated rings. The Labute approximate surface area is 204 Å². The summed E-state index contributed by atoms with van der Waals surface area (Å²) >= 11 is 0. The molecular formula is C26H31N3O6. The summed E-state index contributed by atoms with van der Waals surface area (Å²) in [6, 6.07) is 9.24. The van der Waals surface area contributed by atoms with Gasteiger partial charge in [-0.25, -0.2) is 4.79 Å². The van der Waals surface area contributed by atoms with E-state index in [2.05, 4.69) is 15.2 Å². The minimum Gasteiger partial charge on any atom is -0.493 e. The van der Waals surface area contributed by atoms with E-state index < -0.39 is 6.09 Å². The lowest BCUT2D eigenvalue weighted by molar-refractivity contribution is 0.0290. The van der Waals surface area contributed by atoms with Crippen molar-refractivity contribution in [2.45, 2.75) is 13.8 Å². The number of rotatable bonds is 8. The molecule has 2 heterocycles. The number of nitrogens with zero attached hydrogens (tertiary/aromatic N) is 2. The van der Waals surface area contributed by atoms with E-state index in [0.29, 0.717) is 41.8 Å². The molecule has 0 atom stereocenters. The zero-order valence-electron chi connectivity index (χ0n) is 20.6. The number of benzene rings is 2. The summed E-state index contributed by atoms with van der Waals surface area (Å²) in [4.78, 5) is 19.0. The zero-order chi connectivity index (χ0) is 24.8. The van der Waals surface area contributed by atoms with Crippen LogP contribution >= 0.6 is 0 Å². The number of aromatic nitrogens is 1. The Morgan fingerprint density at radius 2 is 1.74 bits per heavy atom. The van der Waals surface area contributed by atoms with Gasteiger partial charge < -0.3 is 23.7 Å². The van der Waals surface area contributed by atoms with E-state index in [0.717, 1.165) is 48.3 Å². The standard InChI is InChI=1S/C26H31N3O6/c1-17-14-23(35-22-5-6-27-21-16-25(32-4)24(31-3)15-19(21)22)18(2)13-20(17)28-26(30)34-12-9-29-7-10-33-11-8-29/h5-6,13-16H,7-12H2,1-4H3,(H,28,30). The Morgan fingerprint density at radius 3 is 2.49 bits per heavy atom. The quantitative estimate of drug-likeness (QED) is 0.501. The first-order valence-corrected chi connectivity index (χ1v) is 11.5. The Kier molecular flexibility index (Phi) is 7.89. The van der Waals surface area contributed by atoms with Crippen LogP contribution in [0.2, 0.25) is 0 Å². The number of ether oxygens (including phenoxy) is 5. The fourth-order valence-corrected chi connectivity index (χ4v) is 3.93. The molecule has 1 aliphatic heterocycles. The molecule has 1 aliphatic rings. The van der Waals surface area contributed by atoms with Crippen LogP contribution in [0, 0.1) is 13.8 Å². The van der Waals surface area contributed by atoms with Gasteiger partial charge in [0, 0.05) is 43.0 Å². The highest BCUT2D eigenvalue weighted by Crippen LogP contribution is 2.38. The predicted molar refractivity (Wildman–Crippen MR) is 133 cm³/mol. The first-order valence-electron chi connectivity index (χ1n) is 11.5. The van der Waals surface area contributed by atoms with Crippen LogP contribution in [-0.2, 0) is 9.47 Å². The number of methoxy groups -OCH3 is 2. The summed E-state index contributed by atoms with van der Waals surface area (Å²) < 4.78 is 27.8. The number of morpholine rings is 1. The second-order valence-corrected chi connectivity index (χ2v) is 8.28. The molecule has 4 rings (SSSR count). The molecule has 3 aromatic rings. The highest BCUT2D eigenvalue weighted by molar-refractivity contribution is 5.89. The summed E-state index contributed by atoms with van der Waals surface area (Å²) in [5.74, 6) is 2.51. The second kappa shape index (κ2) is 11.2. The lowest BCUT2D eigenvalue weighted by Gasteiger charge is -2.26. The Morgan fingerprint density at radius 1 is 1.00 bits per heavy atom. The van der Waals surface area contributed by atoms with Gasteiger partial charge in [-0.1, -0.05) is 0 Å². The fraction of sp³-hybridized carbons (Fsp3) is 0.385. The van der Waals surface area contributed by atoms with Crippen molar-refractivity contribution < 1.29 is 28.5 Å². The maximum Gasteiger partial charge on any atom is 0.411 e. The first kappa shape index (κ1) is 24.6. The number of anilines is 1. The van der Waals surface area contributed by atoms with Crippen LogP contribution < -0.4 is 19.5 Å². The molecule has 0 aliphatic carbocycles. The lowest BCUT2D eigenvalue weighted by Crippen LogP contribution is -2.38. The monoisotopic (exact) mass is 481 g/mol. The number of hydrogen-bond acceptors (Lipinski definition) is 8. The van der Waals surface area contributed by atoms with Crippen LogP contribution in [0.1, 0.15) is 11.1 Å². The molecular weight excluding hydrogens is 450 g/mol. The summed E-state index contributed by atoms with van der Waals surface area (Å²) in [7, 11) is 3.18. The molecule has 0 radical (unpaired) electrons. The average Bonchev–Trinajstić information content (AvgIpc) is 2.87. The number of aryl methyl sites for hydroxylation is 2.